The van der Waals surface area contributed by atoms with E-state index in [0.29, 0.717) is 18.1 Å². The van der Waals surface area contributed by atoms with Gasteiger partial charge >= 0.3 is 0 Å². The third kappa shape index (κ3) is 4.39. The fourth-order valence-corrected chi connectivity index (χ4v) is 3.00. The minimum absolute atomic E-state index is 0.329. The maximum Gasteiger partial charge on any atom is 0.151 e. The summed E-state index contributed by atoms with van der Waals surface area (Å²) in [5.74, 6) is 0.690. The molecule has 0 aromatic heterocycles. The van der Waals surface area contributed by atoms with Crippen molar-refractivity contribution in [3.63, 3.8) is 0 Å². The molecular weight excluding hydrogens is 200 g/mol. The van der Waals surface area contributed by atoms with Crippen molar-refractivity contribution in [2.45, 2.75) is 19.3 Å². The Balaban J connectivity index is 2.28. The van der Waals surface area contributed by atoms with Crippen molar-refractivity contribution in [1.82, 2.24) is 4.90 Å². The Morgan fingerprint density at radius 1 is 1.14 bits per heavy atom. The van der Waals surface area contributed by atoms with Crippen LogP contribution in [0.5, 0.6) is 0 Å². The predicted molar refractivity (Wildman–Crippen MR) is 58.0 cm³/mol. The van der Waals surface area contributed by atoms with E-state index in [-0.39, 0.29) is 0 Å². The second kappa shape index (κ2) is 5.68. The molecule has 1 aliphatic rings. The molecule has 0 radical (unpaired) electrons. The van der Waals surface area contributed by atoms with E-state index in [4.69, 9.17) is 5.73 Å². The van der Waals surface area contributed by atoms with Crippen LogP contribution in [-0.4, -0.2) is 51.0 Å². The second-order valence-electron chi connectivity index (χ2n) is 3.84. The molecule has 0 spiro atoms. The first-order chi connectivity index (χ1) is 6.64. The lowest BCUT2D eigenvalue weighted by molar-refractivity contribution is 0.289. The van der Waals surface area contributed by atoms with Gasteiger partial charge in [-0.2, -0.15) is 0 Å². The van der Waals surface area contributed by atoms with Gasteiger partial charge in [0.2, 0.25) is 0 Å². The molecule has 0 unspecified atom stereocenters. The van der Waals surface area contributed by atoms with Crippen LogP contribution in [0.25, 0.3) is 0 Å². The van der Waals surface area contributed by atoms with E-state index in [9.17, 15) is 8.42 Å². The Kier molecular flexibility index (Phi) is 4.84. The topological polar surface area (TPSA) is 63.4 Å². The lowest BCUT2D eigenvalue weighted by atomic mass is 10.3. The smallest absolute Gasteiger partial charge is 0.151 e. The molecule has 1 heterocycles. The van der Waals surface area contributed by atoms with Gasteiger partial charge in [-0.05, 0) is 38.9 Å². The molecule has 0 aromatic carbocycles. The molecule has 0 saturated carbocycles. The molecule has 2 N–H and O–H groups in total. The minimum atomic E-state index is -2.75. The van der Waals surface area contributed by atoms with Crippen molar-refractivity contribution < 1.29 is 8.42 Å². The quantitative estimate of drug-likeness (QED) is 0.669. The highest BCUT2D eigenvalue weighted by Gasteiger charge is 2.18. The zero-order valence-corrected chi connectivity index (χ0v) is 9.43. The van der Waals surface area contributed by atoms with Crippen molar-refractivity contribution in [2.75, 3.05) is 37.7 Å². The Morgan fingerprint density at radius 3 is 2.64 bits per heavy atom. The molecule has 84 valence electrons. The van der Waals surface area contributed by atoms with Gasteiger partial charge in [-0.1, -0.05) is 0 Å². The number of unbranched alkanes of at least 4 members (excludes halogenated alkanes) is 1. The number of rotatable bonds is 4. The van der Waals surface area contributed by atoms with E-state index in [1.165, 1.54) is 0 Å². The summed E-state index contributed by atoms with van der Waals surface area (Å²) in [7, 11) is -2.75. The number of sulfone groups is 1. The highest BCUT2D eigenvalue weighted by Crippen LogP contribution is 2.05. The molecule has 5 heteroatoms. The number of hydrogen-bond donors (Lipinski definition) is 1. The fraction of sp³-hybridized carbons (Fsp3) is 1.00. The van der Waals surface area contributed by atoms with Crippen LogP contribution in [0, 0.1) is 0 Å². The molecule has 1 aliphatic heterocycles. The van der Waals surface area contributed by atoms with Crippen LogP contribution in [0.1, 0.15) is 19.3 Å². The third-order valence-electron chi connectivity index (χ3n) is 2.58. The van der Waals surface area contributed by atoms with Gasteiger partial charge in [0.1, 0.15) is 0 Å². The molecule has 4 nitrogen and oxygen atoms in total. The van der Waals surface area contributed by atoms with Crippen LogP contribution in [0.2, 0.25) is 0 Å². The number of hydrogen-bond acceptors (Lipinski definition) is 4. The fourth-order valence-electron chi connectivity index (χ4n) is 1.69. The Morgan fingerprint density at radius 2 is 1.93 bits per heavy atom. The van der Waals surface area contributed by atoms with Gasteiger partial charge < -0.3 is 10.6 Å². The Hall–Kier alpha value is -0.130. The minimum Gasteiger partial charge on any atom is -0.330 e. The summed E-state index contributed by atoms with van der Waals surface area (Å²) in [5, 5.41) is 0. The maximum atomic E-state index is 11.3. The van der Waals surface area contributed by atoms with Crippen LogP contribution in [0.15, 0.2) is 0 Å². The SMILES string of the molecule is NCCCCN1CCCS(=O)(=O)CC1. The molecule has 0 aliphatic carbocycles. The van der Waals surface area contributed by atoms with E-state index >= 15 is 0 Å². The number of nitrogens with zero attached hydrogens (tertiary/aromatic N) is 1. The van der Waals surface area contributed by atoms with Crippen LogP contribution in [0.4, 0.5) is 0 Å². The lowest BCUT2D eigenvalue weighted by Crippen LogP contribution is -2.28. The molecule has 14 heavy (non-hydrogen) atoms. The van der Waals surface area contributed by atoms with Crippen molar-refractivity contribution in [3.8, 4) is 0 Å². The summed E-state index contributed by atoms with van der Waals surface area (Å²) in [6.45, 7) is 3.34. The van der Waals surface area contributed by atoms with Crippen molar-refractivity contribution in [3.05, 3.63) is 0 Å². The normalized spacial score (nSPS) is 23.2. The van der Waals surface area contributed by atoms with Crippen molar-refractivity contribution >= 4 is 9.84 Å². The Bertz CT molecular complexity index is 252. The van der Waals surface area contributed by atoms with Crippen LogP contribution < -0.4 is 5.73 Å². The van der Waals surface area contributed by atoms with E-state index in [1.807, 2.05) is 0 Å². The van der Waals surface area contributed by atoms with Gasteiger partial charge in [-0.15, -0.1) is 0 Å². The first-order valence-electron chi connectivity index (χ1n) is 5.27. The summed E-state index contributed by atoms with van der Waals surface area (Å²) >= 11 is 0. The van der Waals surface area contributed by atoms with Gasteiger partial charge in [-0.25, -0.2) is 8.42 Å². The standard InChI is InChI=1S/C9H20N2O2S/c10-4-1-2-5-11-6-3-8-14(12,13)9-7-11/h1-10H2. The average molecular weight is 220 g/mol. The van der Waals surface area contributed by atoms with Gasteiger partial charge in [-0.3, -0.25) is 0 Å². The highest BCUT2D eigenvalue weighted by molar-refractivity contribution is 7.91. The summed E-state index contributed by atoms with van der Waals surface area (Å²) in [4.78, 5) is 2.24. The van der Waals surface area contributed by atoms with Gasteiger partial charge in [0.05, 0.1) is 11.5 Å². The third-order valence-corrected chi connectivity index (χ3v) is 4.29. The predicted octanol–water partition coefficient (Wildman–Crippen LogP) is -0.154. The van der Waals surface area contributed by atoms with Crippen molar-refractivity contribution in [1.29, 1.82) is 0 Å². The summed E-state index contributed by atoms with van der Waals surface area (Å²) < 4.78 is 22.6. The molecule has 1 saturated heterocycles. The first-order valence-corrected chi connectivity index (χ1v) is 7.09. The summed E-state index contributed by atoms with van der Waals surface area (Å²) in [5.41, 5.74) is 5.40. The second-order valence-corrected chi connectivity index (χ2v) is 6.15. The average Bonchev–Trinajstić information content (AvgIpc) is 2.28. The zero-order chi connectivity index (χ0) is 10.4. The van der Waals surface area contributed by atoms with E-state index in [2.05, 4.69) is 4.90 Å². The molecule has 0 amide bonds. The summed E-state index contributed by atoms with van der Waals surface area (Å²) in [6, 6.07) is 0. The van der Waals surface area contributed by atoms with E-state index < -0.39 is 9.84 Å². The van der Waals surface area contributed by atoms with Crippen LogP contribution >= 0.6 is 0 Å². The zero-order valence-electron chi connectivity index (χ0n) is 8.61. The van der Waals surface area contributed by atoms with E-state index in [1.54, 1.807) is 0 Å². The maximum absolute atomic E-state index is 11.3. The number of nitrogens with two attached hydrogens (primary N) is 1. The van der Waals surface area contributed by atoms with Gasteiger partial charge in [0, 0.05) is 6.54 Å². The van der Waals surface area contributed by atoms with E-state index in [0.717, 1.165) is 38.9 Å². The molecule has 1 fully saturated rings. The van der Waals surface area contributed by atoms with Crippen LogP contribution in [-0.2, 0) is 9.84 Å². The molecule has 1 rings (SSSR count). The summed E-state index contributed by atoms with van der Waals surface area (Å²) in [6.07, 6.45) is 2.89. The lowest BCUT2D eigenvalue weighted by Gasteiger charge is -2.18. The molecule has 0 bridgehead atoms. The largest absolute Gasteiger partial charge is 0.330 e. The van der Waals surface area contributed by atoms with Gasteiger partial charge in [0.25, 0.3) is 0 Å². The first kappa shape index (κ1) is 11.9. The van der Waals surface area contributed by atoms with Crippen LogP contribution in [0.3, 0.4) is 0 Å². The van der Waals surface area contributed by atoms with Crippen molar-refractivity contribution in [2.24, 2.45) is 5.73 Å². The molecule has 0 aromatic rings. The Labute approximate surface area is 86.4 Å². The molecule has 0 atom stereocenters. The van der Waals surface area contributed by atoms with Gasteiger partial charge in [0.15, 0.2) is 9.84 Å². The highest BCUT2D eigenvalue weighted by atomic mass is 32.2. The monoisotopic (exact) mass is 220 g/mol. The molecular formula is C9H20N2O2S.